The maximum atomic E-state index is 13.1. The highest BCUT2D eigenvalue weighted by Crippen LogP contribution is 2.22. The molecule has 0 fully saturated rings. The zero-order valence-corrected chi connectivity index (χ0v) is 7.27. The fourth-order valence-corrected chi connectivity index (χ4v) is 1.01. The van der Waals surface area contributed by atoms with Crippen LogP contribution in [0.25, 0.3) is 0 Å². The summed E-state index contributed by atoms with van der Waals surface area (Å²) in [5.74, 6) is 0.155. The van der Waals surface area contributed by atoms with Gasteiger partial charge in [-0.3, -0.25) is 4.98 Å². The fraction of sp³-hybridized carbons (Fsp3) is 0. The van der Waals surface area contributed by atoms with E-state index in [1.165, 1.54) is 12.3 Å². The van der Waals surface area contributed by atoms with Crippen LogP contribution in [0.15, 0.2) is 42.7 Å². The summed E-state index contributed by atoms with van der Waals surface area (Å²) in [5.41, 5.74) is 0. The zero-order chi connectivity index (χ0) is 9.80. The predicted octanol–water partition coefficient (Wildman–Crippen LogP) is 2.81. The van der Waals surface area contributed by atoms with Gasteiger partial charge in [0.2, 0.25) is 0 Å². The van der Waals surface area contributed by atoms with Crippen molar-refractivity contribution in [2.75, 3.05) is 0 Å². The van der Waals surface area contributed by atoms with Gasteiger partial charge in [-0.05, 0) is 18.2 Å². The Kier molecular flexibility index (Phi) is 2.40. The summed E-state index contributed by atoms with van der Waals surface area (Å²) in [6, 6.07) is 10.5. The third-order valence-corrected chi connectivity index (χ3v) is 1.63. The first kappa shape index (κ1) is 8.69. The Balaban J connectivity index is 2.24. The summed E-state index contributed by atoms with van der Waals surface area (Å²) in [7, 11) is 0. The highest BCUT2D eigenvalue weighted by atomic mass is 19.1. The van der Waals surface area contributed by atoms with Crippen LogP contribution in [0.3, 0.4) is 0 Å². The molecule has 1 aromatic carbocycles. The Labute approximate surface area is 81.0 Å². The van der Waals surface area contributed by atoms with Crippen molar-refractivity contribution in [3.63, 3.8) is 0 Å². The van der Waals surface area contributed by atoms with Gasteiger partial charge in [0.05, 0.1) is 6.20 Å². The molecule has 0 unspecified atom stereocenters. The van der Waals surface area contributed by atoms with Gasteiger partial charge in [-0.1, -0.05) is 12.1 Å². The standard InChI is InChI=1S/C11H7FNO/c12-10-5-1-2-6-11(10)14-9-4-3-7-13-8-9/h1-4,6-8H. The van der Waals surface area contributed by atoms with E-state index in [2.05, 4.69) is 11.1 Å². The van der Waals surface area contributed by atoms with E-state index in [1.807, 2.05) is 0 Å². The lowest BCUT2D eigenvalue weighted by Gasteiger charge is -2.04. The number of aromatic nitrogens is 1. The van der Waals surface area contributed by atoms with Crippen molar-refractivity contribution in [3.05, 3.63) is 54.6 Å². The number of benzene rings is 1. The number of hydrogen-bond acceptors (Lipinski definition) is 2. The second-order valence-corrected chi connectivity index (χ2v) is 2.64. The molecule has 2 aromatic rings. The molecule has 2 nitrogen and oxygen atoms in total. The molecule has 0 amide bonds. The van der Waals surface area contributed by atoms with Gasteiger partial charge in [0, 0.05) is 12.3 Å². The average molecular weight is 188 g/mol. The number of pyridine rings is 1. The topological polar surface area (TPSA) is 22.1 Å². The molecule has 0 atom stereocenters. The Morgan fingerprint density at radius 1 is 1.29 bits per heavy atom. The van der Waals surface area contributed by atoms with Crippen LogP contribution in [0.2, 0.25) is 0 Å². The molecule has 0 aliphatic heterocycles. The maximum absolute atomic E-state index is 13.1. The van der Waals surface area contributed by atoms with Crippen LogP contribution in [0, 0.1) is 11.9 Å². The van der Waals surface area contributed by atoms with Gasteiger partial charge in [0.25, 0.3) is 0 Å². The van der Waals surface area contributed by atoms with E-state index >= 15 is 0 Å². The molecule has 1 aromatic heterocycles. The monoisotopic (exact) mass is 188 g/mol. The number of hydrogen-bond donors (Lipinski definition) is 0. The summed E-state index contributed by atoms with van der Waals surface area (Å²) in [5, 5.41) is 0. The fourth-order valence-electron chi connectivity index (χ4n) is 1.01. The number of rotatable bonds is 2. The van der Waals surface area contributed by atoms with Crippen LogP contribution in [0.4, 0.5) is 4.39 Å². The van der Waals surface area contributed by atoms with E-state index in [9.17, 15) is 4.39 Å². The summed E-state index contributed by atoms with van der Waals surface area (Å²) in [6.45, 7) is 0. The summed E-state index contributed by atoms with van der Waals surface area (Å²) < 4.78 is 18.3. The van der Waals surface area contributed by atoms with E-state index in [0.717, 1.165) is 0 Å². The average Bonchev–Trinajstić information content (AvgIpc) is 2.23. The summed E-state index contributed by atoms with van der Waals surface area (Å²) >= 11 is 0. The number of ether oxygens (including phenoxy) is 1. The van der Waals surface area contributed by atoms with Crippen LogP contribution in [-0.2, 0) is 0 Å². The zero-order valence-electron chi connectivity index (χ0n) is 7.27. The van der Waals surface area contributed by atoms with Crippen molar-refractivity contribution >= 4 is 0 Å². The Morgan fingerprint density at radius 3 is 2.93 bits per heavy atom. The normalized spacial score (nSPS) is 9.79. The smallest absolute Gasteiger partial charge is 0.173 e. The Morgan fingerprint density at radius 2 is 2.21 bits per heavy atom. The summed E-state index contributed by atoms with van der Waals surface area (Å²) in [6.07, 6.45) is 3.15. The molecule has 1 radical (unpaired) electrons. The van der Waals surface area contributed by atoms with E-state index in [1.54, 1.807) is 30.5 Å². The summed E-state index contributed by atoms with van der Waals surface area (Å²) in [4.78, 5) is 3.85. The van der Waals surface area contributed by atoms with Crippen molar-refractivity contribution in [2.45, 2.75) is 0 Å². The van der Waals surface area contributed by atoms with Gasteiger partial charge in [0.1, 0.15) is 5.75 Å². The van der Waals surface area contributed by atoms with Gasteiger partial charge in [-0.25, -0.2) is 4.39 Å². The lowest BCUT2D eigenvalue weighted by Crippen LogP contribution is -1.87. The highest BCUT2D eigenvalue weighted by Gasteiger charge is 2.02. The van der Waals surface area contributed by atoms with Gasteiger partial charge in [-0.15, -0.1) is 0 Å². The van der Waals surface area contributed by atoms with Gasteiger partial charge >= 0.3 is 0 Å². The number of nitrogens with zero attached hydrogens (tertiary/aromatic N) is 1. The SMILES string of the molecule is Fc1[c]cccc1Oc1cccnc1. The minimum atomic E-state index is -0.503. The first-order valence-corrected chi connectivity index (χ1v) is 4.10. The molecule has 2 rings (SSSR count). The molecule has 3 heteroatoms. The molecular weight excluding hydrogens is 181 g/mol. The first-order valence-electron chi connectivity index (χ1n) is 4.10. The lowest BCUT2D eigenvalue weighted by molar-refractivity contribution is 0.440. The minimum Gasteiger partial charge on any atom is -0.453 e. The quantitative estimate of drug-likeness (QED) is 0.722. The number of halogens is 1. The van der Waals surface area contributed by atoms with Crippen molar-refractivity contribution in [1.29, 1.82) is 0 Å². The van der Waals surface area contributed by atoms with E-state index in [4.69, 9.17) is 4.74 Å². The molecule has 0 spiro atoms. The second-order valence-electron chi connectivity index (χ2n) is 2.64. The first-order chi connectivity index (χ1) is 6.86. The molecule has 69 valence electrons. The largest absolute Gasteiger partial charge is 0.453 e. The van der Waals surface area contributed by atoms with Crippen LogP contribution < -0.4 is 4.74 Å². The van der Waals surface area contributed by atoms with Crippen LogP contribution in [0.1, 0.15) is 0 Å². The van der Waals surface area contributed by atoms with Crippen LogP contribution >= 0.6 is 0 Å². The third kappa shape index (κ3) is 1.88. The molecule has 0 aliphatic carbocycles. The van der Waals surface area contributed by atoms with Gasteiger partial charge in [-0.2, -0.15) is 0 Å². The molecule has 0 saturated heterocycles. The third-order valence-electron chi connectivity index (χ3n) is 1.63. The van der Waals surface area contributed by atoms with Crippen molar-refractivity contribution < 1.29 is 9.13 Å². The highest BCUT2D eigenvalue weighted by molar-refractivity contribution is 5.29. The maximum Gasteiger partial charge on any atom is 0.173 e. The van der Waals surface area contributed by atoms with E-state index < -0.39 is 5.82 Å². The Hall–Kier alpha value is -1.90. The van der Waals surface area contributed by atoms with Gasteiger partial charge in [0.15, 0.2) is 11.6 Å². The van der Waals surface area contributed by atoms with Gasteiger partial charge < -0.3 is 4.74 Å². The molecule has 0 bridgehead atoms. The minimum absolute atomic E-state index is 0.153. The van der Waals surface area contributed by atoms with E-state index in [-0.39, 0.29) is 5.75 Å². The lowest BCUT2D eigenvalue weighted by atomic mass is 10.3. The van der Waals surface area contributed by atoms with Crippen molar-refractivity contribution in [3.8, 4) is 11.5 Å². The van der Waals surface area contributed by atoms with Crippen molar-refractivity contribution in [1.82, 2.24) is 4.98 Å². The molecule has 14 heavy (non-hydrogen) atoms. The molecule has 0 saturated carbocycles. The van der Waals surface area contributed by atoms with Crippen LogP contribution in [-0.4, -0.2) is 4.98 Å². The molecular formula is C11H7FNO. The van der Waals surface area contributed by atoms with Crippen molar-refractivity contribution in [2.24, 2.45) is 0 Å². The molecule has 1 heterocycles. The molecule has 0 aliphatic rings. The van der Waals surface area contributed by atoms with E-state index in [0.29, 0.717) is 5.75 Å². The Bertz CT molecular complexity index is 417. The molecule has 0 N–H and O–H groups in total. The van der Waals surface area contributed by atoms with Crippen LogP contribution in [0.5, 0.6) is 11.5 Å². The second kappa shape index (κ2) is 3.87. The predicted molar refractivity (Wildman–Crippen MR) is 49.5 cm³/mol.